The van der Waals surface area contributed by atoms with Crippen LogP contribution in [0.5, 0.6) is 0 Å². The first kappa shape index (κ1) is 16.3. The number of aromatic nitrogens is 3. The summed E-state index contributed by atoms with van der Waals surface area (Å²) in [6.07, 6.45) is 2.97. The highest BCUT2D eigenvalue weighted by Crippen LogP contribution is 2.12. The zero-order valence-electron chi connectivity index (χ0n) is 13.0. The summed E-state index contributed by atoms with van der Waals surface area (Å²) in [4.78, 5) is 27.6. The number of amides is 2. The molecule has 0 fully saturated rings. The second-order valence-corrected chi connectivity index (χ2v) is 5.15. The monoisotopic (exact) mass is 339 g/mol. The van der Waals surface area contributed by atoms with Crippen LogP contribution in [0, 0.1) is 5.82 Å². The lowest BCUT2D eigenvalue weighted by Crippen LogP contribution is -2.34. The summed E-state index contributed by atoms with van der Waals surface area (Å²) in [5.41, 5.74) is 1.95. The Balaban J connectivity index is 1.54. The summed E-state index contributed by atoms with van der Waals surface area (Å²) >= 11 is 0. The van der Waals surface area contributed by atoms with Gasteiger partial charge in [0.1, 0.15) is 18.5 Å². The average Bonchev–Trinajstić information content (AvgIpc) is 3.16. The van der Waals surface area contributed by atoms with Crippen LogP contribution in [0.15, 0.2) is 61.2 Å². The third-order valence-electron chi connectivity index (χ3n) is 3.38. The summed E-state index contributed by atoms with van der Waals surface area (Å²) in [6.45, 7) is 0.137. The van der Waals surface area contributed by atoms with Gasteiger partial charge in [-0.2, -0.15) is 5.10 Å². The van der Waals surface area contributed by atoms with Crippen molar-refractivity contribution in [1.82, 2.24) is 20.1 Å². The van der Waals surface area contributed by atoms with Crippen LogP contribution in [0.2, 0.25) is 0 Å². The van der Waals surface area contributed by atoms with Crippen molar-refractivity contribution in [2.75, 3.05) is 5.32 Å². The second-order valence-electron chi connectivity index (χ2n) is 5.15. The van der Waals surface area contributed by atoms with Gasteiger partial charge in [0.25, 0.3) is 0 Å². The summed E-state index contributed by atoms with van der Waals surface area (Å²) in [7, 11) is 0. The molecule has 0 radical (unpaired) electrons. The lowest BCUT2D eigenvalue weighted by atomic mass is 10.2. The number of nitrogens with zero attached hydrogens (tertiary/aromatic N) is 3. The number of carbonyl (C=O) groups is 2. The van der Waals surface area contributed by atoms with Crippen molar-refractivity contribution in [1.29, 1.82) is 0 Å². The molecule has 3 rings (SSSR count). The highest BCUT2D eigenvalue weighted by Gasteiger charge is 2.13. The quantitative estimate of drug-likeness (QED) is 0.708. The molecule has 0 saturated carbocycles. The van der Waals surface area contributed by atoms with Crippen LogP contribution in [0.25, 0.3) is 5.69 Å². The highest BCUT2D eigenvalue weighted by molar-refractivity contribution is 6.39. The predicted octanol–water partition coefficient (Wildman–Crippen LogP) is 1.66. The second kappa shape index (κ2) is 7.35. The number of benzene rings is 2. The summed E-state index contributed by atoms with van der Waals surface area (Å²) in [5.74, 6) is -1.91. The van der Waals surface area contributed by atoms with Crippen LogP contribution in [0.4, 0.5) is 10.1 Å². The van der Waals surface area contributed by atoms with E-state index in [2.05, 4.69) is 20.7 Å². The summed E-state index contributed by atoms with van der Waals surface area (Å²) in [5, 5.41) is 8.97. The minimum absolute atomic E-state index is 0.137. The van der Waals surface area contributed by atoms with Crippen molar-refractivity contribution in [2.24, 2.45) is 0 Å². The van der Waals surface area contributed by atoms with Crippen molar-refractivity contribution in [3.8, 4) is 5.69 Å². The van der Waals surface area contributed by atoms with Crippen LogP contribution in [-0.4, -0.2) is 26.6 Å². The van der Waals surface area contributed by atoms with E-state index >= 15 is 0 Å². The van der Waals surface area contributed by atoms with Gasteiger partial charge in [-0.1, -0.05) is 12.1 Å². The predicted molar refractivity (Wildman–Crippen MR) is 88.2 cm³/mol. The number of anilines is 1. The fourth-order valence-corrected chi connectivity index (χ4v) is 2.09. The van der Waals surface area contributed by atoms with E-state index in [4.69, 9.17) is 0 Å². The SMILES string of the molecule is O=C(NCc1ccc(F)cc1)C(=O)Nc1ccc(-n2cncn2)cc1. The summed E-state index contributed by atoms with van der Waals surface area (Å²) < 4.78 is 14.4. The van der Waals surface area contributed by atoms with Gasteiger partial charge in [-0.05, 0) is 42.0 Å². The standard InChI is InChI=1S/C17H14FN5O2/c18-13-3-1-12(2-4-13)9-20-16(24)17(25)22-14-5-7-15(8-6-14)23-11-19-10-21-23/h1-8,10-11H,9H2,(H,20,24)(H,22,25). The number of nitrogens with one attached hydrogen (secondary N) is 2. The molecule has 0 aliphatic carbocycles. The van der Waals surface area contributed by atoms with Gasteiger partial charge in [0.05, 0.1) is 5.69 Å². The number of hydrogen-bond donors (Lipinski definition) is 2. The minimum Gasteiger partial charge on any atom is -0.344 e. The molecule has 1 heterocycles. The Morgan fingerprint density at radius 2 is 1.72 bits per heavy atom. The molecule has 126 valence electrons. The van der Waals surface area contributed by atoms with E-state index in [1.165, 1.54) is 30.6 Å². The largest absolute Gasteiger partial charge is 0.344 e. The van der Waals surface area contributed by atoms with E-state index in [9.17, 15) is 14.0 Å². The topological polar surface area (TPSA) is 88.9 Å². The molecule has 0 bridgehead atoms. The highest BCUT2D eigenvalue weighted by atomic mass is 19.1. The number of halogens is 1. The molecule has 2 N–H and O–H groups in total. The Morgan fingerprint density at radius 3 is 2.36 bits per heavy atom. The van der Waals surface area contributed by atoms with Gasteiger partial charge >= 0.3 is 11.8 Å². The van der Waals surface area contributed by atoms with E-state index in [0.717, 1.165) is 5.69 Å². The molecule has 0 aliphatic heterocycles. The van der Waals surface area contributed by atoms with Crippen molar-refractivity contribution in [3.05, 3.63) is 72.6 Å². The van der Waals surface area contributed by atoms with E-state index in [1.54, 1.807) is 35.3 Å². The van der Waals surface area contributed by atoms with Gasteiger partial charge in [-0.25, -0.2) is 14.1 Å². The number of rotatable bonds is 4. The Bertz CT molecular complexity index is 861. The third-order valence-corrected chi connectivity index (χ3v) is 3.38. The smallest absolute Gasteiger partial charge is 0.313 e. The van der Waals surface area contributed by atoms with Gasteiger partial charge in [0.2, 0.25) is 0 Å². The van der Waals surface area contributed by atoms with Crippen molar-refractivity contribution >= 4 is 17.5 Å². The molecule has 0 spiro atoms. The van der Waals surface area contributed by atoms with Crippen LogP contribution in [0.1, 0.15) is 5.56 Å². The first-order chi connectivity index (χ1) is 12.1. The third kappa shape index (κ3) is 4.25. The molecular formula is C17H14FN5O2. The van der Waals surface area contributed by atoms with Gasteiger partial charge in [0, 0.05) is 12.2 Å². The van der Waals surface area contributed by atoms with Gasteiger partial charge in [0.15, 0.2) is 0 Å². The molecule has 25 heavy (non-hydrogen) atoms. The zero-order valence-corrected chi connectivity index (χ0v) is 13.0. The Morgan fingerprint density at radius 1 is 1.00 bits per heavy atom. The van der Waals surface area contributed by atoms with E-state index in [1.807, 2.05) is 0 Å². The summed E-state index contributed by atoms with van der Waals surface area (Å²) in [6, 6.07) is 12.4. The number of carbonyl (C=O) groups excluding carboxylic acids is 2. The number of hydrogen-bond acceptors (Lipinski definition) is 4. The van der Waals surface area contributed by atoms with Crippen LogP contribution < -0.4 is 10.6 Å². The molecule has 0 atom stereocenters. The molecule has 2 amide bonds. The molecule has 7 nitrogen and oxygen atoms in total. The van der Waals surface area contributed by atoms with Gasteiger partial charge < -0.3 is 10.6 Å². The fourth-order valence-electron chi connectivity index (χ4n) is 2.09. The molecule has 0 unspecified atom stereocenters. The first-order valence-electron chi connectivity index (χ1n) is 7.40. The Labute approximate surface area is 142 Å². The van der Waals surface area contributed by atoms with Crippen molar-refractivity contribution in [2.45, 2.75) is 6.54 Å². The molecule has 0 aliphatic rings. The fraction of sp³-hybridized carbons (Fsp3) is 0.0588. The van der Waals surface area contributed by atoms with Gasteiger partial charge in [-0.15, -0.1) is 0 Å². The molecule has 3 aromatic rings. The molecule has 1 aromatic heterocycles. The normalized spacial score (nSPS) is 10.3. The first-order valence-corrected chi connectivity index (χ1v) is 7.40. The van der Waals surface area contributed by atoms with Crippen molar-refractivity contribution in [3.63, 3.8) is 0 Å². The molecular weight excluding hydrogens is 325 g/mol. The molecule has 2 aromatic carbocycles. The lowest BCUT2D eigenvalue weighted by Gasteiger charge is -2.07. The van der Waals surface area contributed by atoms with Crippen LogP contribution in [-0.2, 0) is 16.1 Å². The van der Waals surface area contributed by atoms with E-state index in [0.29, 0.717) is 11.3 Å². The maximum Gasteiger partial charge on any atom is 0.313 e. The Hall–Kier alpha value is -3.55. The van der Waals surface area contributed by atoms with Crippen LogP contribution >= 0.6 is 0 Å². The van der Waals surface area contributed by atoms with E-state index in [-0.39, 0.29) is 12.4 Å². The zero-order chi connectivity index (χ0) is 17.6. The van der Waals surface area contributed by atoms with Crippen LogP contribution in [0.3, 0.4) is 0 Å². The van der Waals surface area contributed by atoms with E-state index < -0.39 is 11.8 Å². The maximum atomic E-state index is 12.8. The Kier molecular flexibility index (Phi) is 4.79. The maximum absolute atomic E-state index is 12.8. The average molecular weight is 339 g/mol. The lowest BCUT2D eigenvalue weighted by molar-refractivity contribution is -0.136. The molecule has 8 heteroatoms. The van der Waals surface area contributed by atoms with Crippen molar-refractivity contribution < 1.29 is 14.0 Å². The minimum atomic E-state index is -0.782. The molecule has 0 saturated heterocycles. The van der Waals surface area contributed by atoms with Gasteiger partial charge in [-0.3, -0.25) is 9.59 Å².